The van der Waals surface area contributed by atoms with E-state index in [0.717, 1.165) is 4.98 Å². The number of rotatable bonds is 6. The van der Waals surface area contributed by atoms with Crippen LogP contribution in [0.15, 0.2) is 11.0 Å². The van der Waals surface area contributed by atoms with Crippen LogP contribution in [-0.2, 0) is 5.92 Å². The first-order chi connectivity index (χ1) is 12.9. The van der Waals surface area contributed by atoms with Gasteiger partial charge in [-0.15, -0.1) is 0 Å². The molecule has 1 aromatic rings. The Kier molecular flexibility index (Phi) is 5.89. The van der Waals surface area contributed by atoms with Crippen molar-refractivity contribution in [3.05, 3.63) is 26.9 Å². The molecule has 0 spiro atoms. The third-order valence-electron chi connectivity index (χ3n) is 3.49. The Hall–Kier alpha value is -1.95. The van der Waals surface area contributed by atoms with Gasteiger partial charge < -0.3 is 4.98 Å². The summed E-state index contributed by atoms with van der Waals surface area (Å²) >= 11 is 4.13. The molecule has 0 saturated carbocycles. The maximum Gasteiger partial charge on any atom is 0.460 e. The summed E-state index contributed by atoms with van der Waals surface area (Å²) in [4.78, 5) is 13.7. The van der Waals surface area contributed by atoms with Crippen molar-refractivity contribution in [1.82, 2.24) is 9.97 Å². The predicted molar refractivity (Wildman–Crippen MR) is 66.9 cm³/mol. The van der Waals surface area contributed by atoms with Crippen molar-refractivity contribution in [3.8, 4) is 0 Å². The minimum atomic E-state index is -8.42. The summed E-state index contributed by atoms with van der Waals surface area (Å²) in [7, 11) is 0. The van der Waals surface area contributed by atoms with E-state index in [1.807, 2.05) is 0 Å². The number of alkyl halides is 15. The molecule has 0 unspecified atom stereocenters. The zero-order valence-corrected chi connectivity index (χ0v) is 13.9. The number of aromatic nitrogens is 2. The molecule has 0 atom stereocenters. The minimum absolute atomic E-state index is 0.522. The van der Waals surface area contributed by atoms with Gasteiger partial charge in [-0.1, -0.05) is 0 Å². The van der Waals surface area contributed by atoms with Gasteiger partial charge in [0.2, 0.25) is 0 Å². The fraction of sp³-hybridized carbons (Fsp3) is 0.636. The smallest absolute Gasteiger partial charge is 0.338 e. The van der Waals surface area contributed by atoms with Gasteiger partial charge in [0.1, 0.15) is 5.56 Å². The molecule has 30 heavy (non-hydrogen) atoms. The van der Waals surface area contributed by atoms with Crippen LogP contribution in [-0.4, -0.2) is 45.8 Å². The maximum atomic E-state index is 13.8. The molecule has 0 radical (unpaired) electrons. The Morgan fingerprint density at radius 1 is 0.633 bits per heavy atom. The van der Waals surface area contributed by atoms with Gasteiger partial charge in [0, 0.05) is 6.20 Å². The molecule has 1 rings (SSSR count). The van der Waals surface area contributed by atoms with Gasteiger partial charge in [0.05, 0.1) is 0 Å². The second kappa shape index (κ2) is 6.78. The second-order valence-corrected chi connectivity index (χ2v) is 5.84. The van der Waals surface area contributed by atoms with E-state index in [2.05, 4.69) is 12.2 Å². The molecule has 0 aliphatic heterocycles. The van der Waals surface area contributed by atoms with Gasteiger partial charge in [0.25, 0.3) is 5.56 Å². The van der Waals surface area contributed by atoms with Gasteiger partial charge in [-0.3, -0.25) is 9.78 Å². The zero-order chi connectivity index (χ0) is 24.4. The van der Waals surface area contributed by atoms with Crippen molar-refractivity contribution in [2.75, 3.05) is 0 Å². The summed E-state index contributed by atoms with van der Waals surface area (Å²) in [5.74, 6) is -47.7. The fourth-order valence-electron chi connectivity index (χ4n) is 1.78. The molecule has 3 nitrogen and oxygen atoms in total. The highest BCUT2D eigenvalue weighted by molar-refractivity contribution is 7.71. The van der Waals surface area contributed by atoms with Crippen LogP contribution >= 0.6 is 12.2 Å². The molecule has 174 valence electrons. The van der Waals surface area contributed by atoms with Crippen LogP contribution in [0.1, 0.15) is 5.56 Å². The molecule has 0 saturated heterocycles. The van der Waals surface area contributed by atoms with E-state index in [9.17, 15) is 70.7 Å². The first kappa shape index (κ1) is 26.1. The van der Waals surface area contributed by atoms with Crippen LogP contribution in [0.2, 0.25) is 0 Å². The Bertz CT molecular complexity index is 912. The number of H-pyrrole nitrogens is 2. The van der Waals surface area contributed by atoms with E-state index in [1.54, 1.807) is 0 Å². The van der Waals surface area contributed by atoms with Gasteiger partial charge >= 0.3 is 41.7 Å². The Morgan fingerprint density at radius 2 is 1.00 bits per heavy atom. The molecule has 1 heterocycles. The lowest BCUT2D eigenvalue weighted by Gasteiger charge is -2.41. The van der Waals surface area contributed by atoms with E-state index in [0.29, 0.717) is 0 Å². The number of hydrogen-bond donors (Lipinski definition) is 2. The third kappa shape index (κ3) is 3.24. The monoisotopic (exact) mass is 496 g/mol. The number of hydrogen-bond acceptors (Lipinski definition) is 2. The highest BCUT2D eigenvalue weighted by Gasteiger charge is 2.93. The first-order valence-electron chi connectivity index (χ1n) is 6.57. The van der Waals surface area contributed by atoms with Crippen LogP contribution in [0.25, 0.3) is 0 Å². The van der Waals surface area contributed by atoms with Gasteiger partial charge in [0.15, 0.2) is 4.77 Å². The first-order valence-corrected chi connectivity index (χ1v) is 6.98. The molecule has 1 aromatic heterocycles. The fourth-order valence-corrected chi connectivity index (χ4v) is 1.93. The molecule has 2 N–H and O–H groups in total. The summed E-state index contributed by atoms with van der Waals surface area (Å²) < 4.78 is 195. The average Bonchev–Trinajstić information content (AvgIpc) is 2.52. The standard InChI is InChI=1S/C11H3F15N2OS/c12-5(13,2-1-27-4(30)28-3(2)29)6(14,15)7(16,17)8(18,19)9(20,21)10(22,23)11(24,25)26/h1H,(H2,27,28,29,30). The third-order valence-corrected chi connectivity index (χ3v) is 3.71. The quantitative estimate of drug-likeness (QED) is 0.417. The normalized spacial score (nSPS) is 15.4. The highest BCUT2D eigenvalue weighted by atomic mass is 32.1. The Labute approximate surface area is 157 Å². The summed E-state index contributed by atoms with van der Waals surface area (Å²) in [6, 6.07) is 0. The summed E-state index contributed by atoms with van der Waals surface area (Å²) in [5, 5.41) is 0. The molecule has 0 amide bonds. The van der Waals surface area contributed by atoms with Gasteiger partial charge in [-0.05, 0) is 12.2 Å². The summed E-state index contributed by atoms with van der Waals surface area (Å²) in [5.41, 5.74) is -5.22. The molecule has 0 aliphatic carbocycles. The lowest BCUT2D eigenvalue weighted by Crippen LogP contribution is -2.72. The molecule has 19 heteroatoms. The van der Waals surface area contributed by atoms with Crippen LogP contribution in [0.3, 0.4) is 0 Å². The Balaban J connectivity index is 3.74. The van der Waals surface area contributed by atoms with Crippen LogP contribution in [0.4, 0.5) is 65.9 Å². The summed E-state index contributed by atoms with van der Waals surface area (Å²) in [6.45, 7) is 0. The molecule has 0 bridgehead atoms. The highest BCUT2D eigenvalue weighted by Crippen LogP contribution is 2.63. The molecular formula is C11H3F15N2OS. The van der Waals surface area contributed by atoms with E-state index >= 15 is 0 Å². The second-order valence-electron chi connectivity index (χ2n) is 5.43. The van der Waals surface area contributed by atoms with E-state index in [-0.39, 0.29) is 0 Å². The summed E-state index contributed by atoms with van der Waals surface area (Å²) in [6.07, 6.45) is -8.20. The van der Waals surface area contributed by atoms with E-state index in [4.69, 9.17) is 0 Å². The molecule has 0 fully saturated rings. The average molecular weight is 496 g/mol. The zero-order valence-electron chi connectivity index (χ0n) is 13.1. The lowest BCUT2D eigenvalue weighted by atomic mass is 9.89. The van der Waals surface area contributed by atoms with Crippen molar-refractivity contribution < 1.29 is 65.9 Å². The van der Waals surface area contributed by atoms with Crippen LogP contribution in [0, 0.1) is 4.77 Å². The van der Waals surface area contributed by atoms with Crippen molar-refractivity contribution >= 4 is 12.2 Å². The maximum absolute atomic E-state index is 13.8. The Morgan fingerprint density at radius 3 is 1.37 bits per heavy atom. The molecule has 0 aromatic carbocycles. The SMILES string of the molecule is O=c1[nH]c(=S)[nH]cc1C(F)(F)C(F)(F)C(F)(F)C(F)(F)C(F)(F)C(F)(F)C(F)(F)F. The van der Waals surface area contributed by atoms with Gasteiger partial charge in [-0.25, -0.2) is 0 Å². The molecular weight excluding hydrogens is 493 g/mol. The van der Waals surface area contributed by atoms with Crippen molar-refractivity contribution in [1.29, 1.82) is 0 Å². The molecule has 0 aliphatic rings. The van der Waals surface area contributed by atoms with Gasteiger partial charge in [-0.2, -0.15) is 65.9 Å². The largest absolute Gasteiger partial charge is 0.460 e. The van der Waals surface area contributed by atoms with Crippen LogP contribution in [0.5, 0.6) is 0 Å². The lowest BCUT2D eigenvalue weighted by molar-refractivity contribution is -0.453. The van der Waals surface area contributed by atoms with Crippen molar-refractivity contribution in [2.24, 2.45) is 0 Å². The predicted octanol–water partition coefficient (Wildman–Crippen LogP) is 5.26. The van der Waals surface area contributed by atoms with Crippen molar-refractivity contribution in [3.63, 3.8) is 0 Å². The van der Waals surface area contributed by atoms with Crippen LogP contribution < -0.4 is 5.56 Å². The number of aromatic amines is 2. The topological polar surface area (TPSA) is 48.6 Å². The van der Waals surface area contributed by atoms with Crippen molar-refractivity contribution in [2.45, 2.75) is 41.7 Å². The van der Waals surface area contributed by atoms with E-state index in [1.165, 1.54) is 4.98 Å². The minimum Gasteiger partial charge on any atom is -0.338 e. The van der Waals surface area contributed by atoms with E-state index < -0.39 is 63.8 Å². The number of halogens is 15. The number of nitrogens with one attached hydrogen (secondary N) is 2.